The Kier molecular flexibility index (Phi) is 1.60. The summed E-state index contributed by atoms with van der Waals surface area (Å²) < 4.78 is 4.99. The first kappa shape index (κ1) is 7.65. The molecule has 1 aromatic carbocycles. The highest BCUT2D eigenvalue weighted by molar-refractivity contribution is 6.30. The van der Waals surface area contributed by atoms with Crippen molar-refractivity contribution >= 4 is 17.4 Å². The molecule has 0 fully saturated rings. The highest BCUT2D eigenvalue weighted by Gasteiger charge is 2.24. The minimum absolute atomic E-state index is 0.472. The van der Waals surface area contributed by atoms with Gasteiger partial charge in [0.25, 0.3) is 0 Å². The van der Waals surface area contributed by atoms with Crippen molar-refractivity contribution in [2.24, 2.45) is 0 Å². The minimum Gasteiger partial charge on any atom is -0.461 e. The van der Waals surface area contributed by atoms with E-state index in [2.05, 4.69) is 6.58 Å². The van der Waals surface area contributed by atoms with E-state index < -0.39 is 6.29 Å². The van der Waals surface area contributed by atoms with Gasteiger partial charge >= 0.3 is 0 Å². The zero-order valence-corrected chi connectivity index (χ0v) is 7.01. The Hall–Kier alpha value is -0.990. The van der Waals surface area contributed by atoms with Gasteiger partial charge in [0.1, 0.15) is 5.76 Å². The van der Waals surface area contributed by atoms with Gasteiger partial charge < -0.3 is 9.84 Å². The number of rotatable bonds is 0. The lowest BCUT2D eigenvalue weighted by Crippen LogP contribution is -1.91. The van der Waals surface area contributed by atoms with Gasteiger partial charge in [-0.3, -0.25) is 0 Å². The molecule has 1 N–H and O–H groups in total. The topological polar surface area (TPSA) is 29.5 Å². The summed E-state index contributed by atoms with van der Waals surface area (Å²) in [7, 11) is 0. The largest absolute Gasteiger partial charge is 0.461 e. The van der Waals surface area contributed by atoms with Crippen LogP contribution in [0, 0.1) is 0 Å². The molecule has 1 unspecified atom stereocenters. The van der Waals surface area contributed by atoms with Crippen LogP contribution in [0.3, 0.4) is 0 Å². The molecule has 0 aliphatic carbocycles. The molecule has 0 saturated carbocycles. The number of halogens is 1. The van der Waals surface area contributed by atoms with Gasteiger partial charge in [-0.15, -0.1) is 0 Å². The average molecular weight is 183 g/mol. The standard InChI is InChI=1S/C9H7ClO2/c1-5-8-4-6(10)2-3-7(8)9(11)12-5/h2-4,9,11H,1H2. The SMILES string of the molecule is C=C1OC(O)c2ccc(Cl)cc21. The van der Waals surface area contributed by atoms with Gasteiger partial charge in [0, 0.05) is 16.1 Å². The van der Waals surface area contributed by atoms with Crippen molar-refractivity contribution in [3.63, 3.8) is 0 Å². The number of fused-ring (bicyclic) bond motifs is 1. The second kappa shape index (κ2) is 2.51. The molecule has 12 heavy (non-hydrogen) atoms. The van der Waals surface area contributed by atoms with E-state index in [9.17, 15) is 5.11 Å². The molecule has 0 saturated heterocycles. The predicted octanol–water partition coefficient (Wildman–Crippen LogP) is 2.33. The van der Waals surface area contributed by atoms with Gasteiger partial charge in [0.15, 0.2) is 0 Å². The fourth-order valence-corrected chi connectivity index (χ4v) is 1.42. The van der Waals surface area contributed by atoms with Crippen LogP contribution in [-0.2, 0) is 4.74 Å². The Labute approximate surface area is 75.0 Å². The summed E-state index contributed by atoms with van der Waals surface area (Å²) in [6.45, 7) is 3.65. The van der Waals surface area contributed by atoms with Crippen LogP contribution in [-0.4, -0.2) is 5.11 Å². The maximum absolute atomic E-state index is 9.32. The summed E-state index contributed by atoms with van der Waals surface area (Å²) in [6, 6.07) is 5.18. The first-order valence-electron chi connectivity index (χ1n) is 3.52. The van der Waals surface area contributed by atoms with Crippen LogP contribution >= 0.6 is 11.6 Å². The van der Waals surface area contributed by atoms with Crippen molar-refractivity contribution in [1.29, 1.82) is 0 Å². The van der Waals surface area contributed by atoms with Crippen molar-refractivity contribution in [3.05, 3.63) is 40.9 Å². The second-order valence-electron chi connectivity index (χ2n) is 2.62. The van der Waals surface area contributed by atoms with Crippen LogP contribution < -0.4 is 0 Å². The van der Waals surface area contributed by atoms with Crippen LogP contribution in [0.5, 0.6) is 0 Å². The molecule has 62 valence electrons. The molecule has 1 aromatic rings. The normalized spacial score (nSPS) is 20.5. The van der Waals surface area contributed by atoms with E-state index in [4.69, 9.17) is 16.3 Å². The number of aliphatic hydroxyl groups excluding tert-OH is 1. The number of hydrogen-bond donors (Lipinski definition) is 1. The molecule has 3 heteroatoms. The molecule has 0 spiro atoms. The van der Waals surface area contributed by atoms with Crippen molar-refractivity contribution < 1.29 is 9.84 Å². The van der Waals surface area contributed by atoms with Crippen LogP contribution in [0.15, 0.2) is 24.8 Å². The van der Waals surface area contributed by atoms with E-state index in [-0.39, 0.29) is 0 Å². The molecular weight excluding hydrogens is 176 g/mol. The van der Waals surface area contributed by atoms with E-state index >= 15 is 0 Å². The highest BCUT2D eigenvalue weighted by atomic mass is 35.5. The third-order valence-electron chi connectivity index (χ3n) is 1.84. The Morgan fingerprint density at radius 3 is 3.00 bits per heavy atom. The van der Waals surface area contributed by atoms with E-state index in [1.165, 1.54) is 0 Å². The zero-order valence-electron chi connectivity index (χ0n) is 6.25. The van der Waals surface area contributed by atoms with Crippen LogP contribution in [0.25, 0.3) is 5.76 Å². The van der Waals surface area contributed by atoms with Gasteiger partial charge in [-0.1, -0.05) is 24.2 Å². The van der Waals surface area contributed by atoms with Gasteiger partial charge in [-0.2, -0.15) is 0 Å². The fourth-order valence-electron chi connectivity index (χ4n) is 1.25. The summed E-state index contributed by atoms with van der Waals surface area (Å²) in [6.07, 6.45) is -0.884. The molecule has 0 aromatic heterocycles. The van der Waals surface area contributed by atoms with E-state index in [0.717, 1.165) is 11.1 Å². The number of benzene rings is 1. The molecule has 1 heterocycles. The molecule has 1 atom stereocenters. The molecule has 0 radical (unpaired) electrons. The first-order chi connectivity index (χ1) is 5.68. The molecule has 1 aliphatic heterocycles. The van der Waals surface area contributed by atoms with Crippen molar-refractivity contribution in [1.82, 2.24) is 0 Å². The lowest BCUT2D eigenvalue weighted by molar-refractivity contribution is -0.0292. The Morgan fingerprint density at radius 2 is 2.25 bits per heavy atom. The molecule has 2 nitrogen and oxygen atoms in total. The van der Waals surface area contributed by atoms with E-state index in [1.54, 1.807) is 18.2 Å². The Bertz CT molecular complexity index is 346. The Balaban J connectivity index is 2.60. The number of aliphatic hydroxyl groups is 1. The number of ether oxygens (including phenoxy) is 1. The Morgan fingerprint density at radius 1 is 1.50 bits per heavy atom. The smallest absolute Gasteiger partial charge is 0.225 e. The monoisotopic (exact) mass is 182 g/mol. The quantitative estimate of drug-likeness (QED) is 0.668. The summed E-state index contributed by atoms with van der Waals surface area (Å²) in [5.74, 6) is 0.472. The third-order valence-corrected chi connectivity index (χ3v) is 2.07. The maximum Gasteiger partial charge on any atom is 0.225 e. The van der Waals surface area contributed by atoms with Crippen molar-refractivity contribution in [3.8, 4) is 0 Å². The fraction of sp³-hybridized carbons (Fsp3) is 0.111. The van der Waals surface area contributed by atoms with Gasteiger partial charge in [-0.05, 0) is 12.1 Å². The summed E-state index contributed by atoms with van der Waals surface area (Å²) in [4.78, 5) is 0. The molecule has 0 bridgehead atoms. The maximum atomic E-state index is 9.32. The number of hydrogen-bond acceptors (Lipinski definition) is 2. The van der Waals surface area contributed by atoms with Gasteiger partial charge in [0.2, 0.25) is 6.29 Å². The average Bonchev–Trinajstić information content (AvgIpc) is 2.28. The van der Waals surface area contributed by atoms with Crippen LogP contribution in [0.4, 0.5) is 0 Å². The second-order valence-corrected chi connectivity index (χ2v) is 3.06. The summed E-state index contributed by atoms with van der Waals surface area (Å²) in [5.41, 5.74) is 1.51. The lowest BCUT2D eigenvalue weighted by atomic mass is 10.1. The summed E-state index contributed by atoms with van der Waals surface area (Å²) in [5, 5.41) is 9.93. The molecule has 2 rings (SSSR count). The van der Waals surface area contributed by atoms with Crippen molar-refractivity contribution in [2.45, 2.75) is 6.29 Å². The van der Waals surface area contributed by atoms with Gasteiger partial charge in [-0.25, -0.2) is 0 Å². The van der Waals surface area contributed by atoms with Crippen LogP contribution in [0.1, 0.15) is 17.4 Å². The van der Waals surface area contributed by atoms with Gasteiger partial charge in [0.05, 0.1) is 0 Å². The summed E-state index contributed by atoms with van der Waals surface area (Å²) >= 11 is 5.76. The zero-order chi connectivity index (χ0) is 8.72. The molecule has 0 amide bonds. The lowest BCUT2D eigenvalue weighted by Gasteiger charge is -2.00. The van der Waals surface area contributed by atoms with Crippen molar-refractivity contribution in [2.75, 3.05) is 0 Å². The third kappa shape index (κ3) is 1.00. The van der Waals surface area contributed by atoms with Crippen LogP contribution in [0.2, 0.25) is 5.02 Å². The molecule has 1 aliphatic rings. The minimum atomic E-state index is -0.884. The highest BCUT2D eigenvalue weighted by Crippen LogP contribution is 2.36. The first-order valence-corrected chi connectivity index (χ1v) is 3.90. The predicted molar refractivity (Wildman–Crippen MR) is 46.5 cm³/mol. The van der Waals surface area contributed by atoms with E-state index in [0.29, 0.717) is 10.8 Å². The molecular formula is C9H7ClO2. The van der Waals surface area contributed by atoms with E-state index in [1.807, 2.05) is 0 Å².